The van der Waals surface area contributed by atoms with Gasteiger partial charge in [-0.2, -0.15) is 0 Å². The van der Waals surface area contributed by atoms with E-state index in [-0.39, 0.29) is 0 Å². The summed E-state index contributed by atoms with van der Waals surface area (Å²) in [5.41, 5.74) is 1.45. The Hall–Kier alpha value is -0.190. The van der Waals surface area contributed by atoms with Gasteiger partial charge in [-0.3, -0.25) is 4.21 Å². The van der Waals surface area contributed by atoms with Crippen molar-refractivity contribution in [1.29, 1.82) is 0 Å². The van der Waals surface area contributed by atoms with Gasteiger partial charge in [-0.15, -0.1) is 0 Å². The monoisotopic (exact) mass is 343 g/mol. The smallest absolute Gasteiger partial charge is 0.0246 e. The first-order valence-electron chi connectivity index (χ1n) is 6.86. The molecule has 0 amide bonds. The van der Waals surface area contributed by atoms with E-state index in [4.69, 9.17) is 0 Å². The van der Waals surface area contributed by atoms with Crippen LogP contribution in [0.1, 0.15) is 37.7 Å². The van der Waals surface area contributed by atoms with Crippen LogP contribution in [0.4, 0.5) is 0 Å². The van der Waals surface area contributed by atoms with Crippen LogP contribution in [-0.4, -0.2) is 28.3 Å². The molecule has 1 aliphatic carbocycles. The second kappa shape index (κ2) is 7.00. The van der Waals surface area contributed by atoms with E-state index in [0.29, 0.717) is 18.0 Å². The highest BCUT2D eigenvalue weighted by molar-refractivity contribution is 9.10. The maximum absolute atomic E-state index is 11.1. The Bertz CT molecular complexity index is 428. The predicted octanol–water partition coefficient (Wildman–Crippen LogP) is 3.44. The molecular formula is C15H22BrNOS. The molecule has 1 aliphatic rings. The lowest BCUT2D eigenvalue weighted by Crippen LogP contribution is -2.44. The van der Waals surface area contributed by atoms with Crippen LogP contribution in [0.3, 0.4) is 0 Å². The summed E-state index contributed by atoms with van der Waals surface area (Å²) in [5, 5.41) is 3.64. The molecule has 19 heavy (non-hydrogen) atoms. The van der Waals surface area contributed by atoms with Gasteiger partial charge in [0, 0.05) is 39.4 Å². The first-order valence-corrected chi connectivity index (χ1v) is 9.38. The van der Waals surface area contributed by atoms with Gasteiger partial charge in [0.1, 0.15) is 0 Å². The van der Waals surface area contributed by atoms with Gasteiger partial charge in [0.25, 0.3) is 0 Å². The molecule has 0 spiro atoms. The van der Waals surface area contributed by atoms with Crippen LogP contribution >= 0.6 is 15.9 Å². The third kappa shape index (κ3) is 4.69. The molecule has 1 N–H and O–H groups in total. The van der Waals surface area contributed by atoms with E-state index in [1.807, 2.05) is 0 Å². The van der Waals surface area contributed by atoms with Crippen molar-refractivity contribution < 1.29 is 4.21 Å². The Morgan fingerprint density at radius 3 is 2.58 bits per heavy atom. The number of hydrogen-bond donors (Lipinski definition) is 1. The van der Waals surface area contributed by atoms with Gasteiger partial charge in [-0.05, 0) is 49.8 Å². The Morgan fingerprint density at radius 1 is 1.37 bits per heavy atom. The minimum atomic E-state index is -0.668. The largest absolute Gasteiger partial charge is 0.311 e. The maximum Gasteiger partial charge on any atom is 0.0246 e. The van der Waals surface area contributed by atoms with Crippen LogP contribution in [0.25, 0.3) is 0 Å². The van der Waals surface area contributed by atoms with Crippen LogP contribution in [0.5, 0.6) is 0 Å². The van der Waals surface area contributed by atoms with Crippen molar-refractivity contribution in [3.05, 3.63) is 34.3 Å². The summed E-state index contributed by atoms with van der Waals surface area (Å²) < 4.78 is 12.2. The van der Waals surface area contributed by atoms with E-state index in [2.05, 4.69) is 52.4 Å². The second-order valence-corrected chi connectivity index (χ2v) is 8.02. The van der Waals surface area contributed by atoms with Crippen molar-refractivity contribution in [2.45, 2.75) is 44.2 Å². The Morgan fingerprint density at radius 2 is 2.00 bits per heavy atom. The predicted molar refractivity (Wildman–Crippen MR) is 86.1 cm³/mol. The molecule has 1 saturated carbocycles. The summed E-state index contributed by atoms with van der Waals surface area (Å²) in [6.07, 6.45) is 5.23. The lowest BCUT2D eigenvalue weighted by atomic mass is 9.75. The molecule has 0 heterocycles. The van der Waals surface area contributed by atoms with Crippen molar-refractivity contribution in [3.63, 3.8) is 0 Å². The molecule has 4 heteroatoms. The molecule has 0 aliphatic heterocycles. The van der Waals surface area contributed by atoms with E-state index >= 15 is 0 Å². The van der Waals surface area contributed by atoms with Gasteiger partial charge >= 0.3 is 0 Å². The Labute approximate surface area is 127 Å². The fourth-order valence-electron chi connectivity index (χ4n) is 2.59. The molecule has 1 fully saturated rings. The summed E-state index contributed by atoms with van der Waals surface area (Å²) in [7, 11) is -0.668. The summed E-state index contributed by atoms with van der Waals surface area (Å²) >= 11 is 3.47. The van der Waals surface area contributed by atoms with Crippen LogP contribution in [0.2, 0.25) is 0 Å². The minimum absolute atomic E-state index is 0.472. The quantitative estimate of drug-likeness (QED) is 0.857. The molecule has 106 valence electrons. The normalized spacial score (nSPS) is 25.6. The lowest BCUT2D eigenvalue weighted by Gasteiger charge is -2.38. The van der Waals surface area contributed by atoms with Crippen molar-refractivity contribution >= 4 is 26.7 Å². The standard InChI is InChI=1S/C15H22BrNOS/c1-11(7-8-19(2)18)17-15-9-13(10-15)12-3-5-14(16)6-4-12/h3-6,11,13,15,17H,7-10H2,1-2H3. The fraction of sp³-hybridized carbons (Fsp3) is 0.600. The van der Waals surface area contributed by atoms with Crippen LogP contribution in [-0.2, 0) is 10.8 Å². The summed E-state index contributed by atoms with van der Waals surface area (Å²) in [6.45, 7) is 2.19. The van der Waals surface area contributed by atoms with E-state index < -0.39 is 10.8 Å². The van der Waals surface area contributed by atoms with Gasteiger partial charge in [0.2, 0.25) is 0 Å². The number of halogens is 1. The fourth-order valence-corrected chi connectivity index (χ4v) is 3.54. The highest BCUT2D eigenvalue weighted by atomic mass is 79.9. The summed E-state index contributed by atoms with van der Waals surface area (Å²) in [4.78, 5) is 0. The Balaban J connectivity index is 1.71. The molecule has 0 aromatic heterocycles. The van der Waals surface area contributed by atoms with E-state index in [1.54, 1.807) is 6.26 Å². The molecular weight excluding hydrogens is 322 g/mol. The van der Waals surface area contributed by atoms with Crippen molar-refractivity contribution in [3.8, 4) is 0 Å². The molecule has 2 atom stereocenters. The average molecular weight is 344 g/mol. The average Bonchev–Trinajstić information content (AvgIpc) is 2.32. The molecule has 0 bridgehead atoms. The van der Waals surface area contributed by atoms with Gasteiger partial charge in [-0.1, -0.05) is 28.1 Å². The molecule has 0 radical (unpaired) electrons. The number of hydrogen-bond acceptors (Lipinski definition) is 2. The van der Waals surface area contributed by atoms with E-state index in [9.17, 15) is 4.21 Å². The zero-order chi connectivity index (χ0) is 13.8. The van der Waals surface area contributed by atoms with Crippen molar-refractivity contribution in [2.24, 2.45) is 0 Å². The molecule has 1 aromatic carbocycles. The van der Waals surface area contributed by atoms with Crippen LogP contribution in [0, 0.1) is 0 Å². The Kier molecular flexibility index (Phi) is 5.60. The third-order valence-electron chi connectivity index (χ3n) is 3.84. The first-order chi connectivity index (χ1) is 9.04. The summed E-state index contributed by atoms with van der Waals surface area (Å²) in [5.74, 6) is 1.51. The van der Waals surface area contributed by atoms with Gasteiger partial charge in [0.15, 0.2) is 0 Å². The van der Waals surface area contributed by atoms with E-state index in [0.717, 1.165) is 16.6 Å². The maximum atomic E-state index is 11.1. The second-order valence-electron chi connectivity index (χ2n) is 5.55. The topological polar surface area (TPSA) is 29.1 Å². The highest BCUT2D eigenvalue weighted by Crippen LogP contribution is 2.37. The number of rotatable bonds is 6. The lowest BCUT2D eigenvalue weighted by molar-refractivity contribution is 0.268. The highest BCUT2D eigenvalue weighted by Gasteiger charge is 2.30. The molecule has 2 unspecified atom stereocenters. The first kappa shape index (κ1) is 15.2. The van der Waals surface area contributed by atoms with E-state index in [1.165, 1.54) is 18.4 Å². The van der Waals surface area contributed by atoms with Gasteiger partial charge in [-0.25, -0.2) is 0 Å². The minimum Gasteiger partial charge on any atom is -0.311 e. The molecule has 0 saturated heterocycles. The molecule has 2 nitrogen and oxygen atoms in total. The zero-order valence-corrected chi connectivity index (χ0v) is 14.0. The third-order valence-corrected chi connectivity index (χ3v) is 5.18. The molecule has 1 aromatic rings. The van der Waals surface area contributed by atoms with Crippen molar-refractivity contribution in [2.75, 3.05) is 12.0 Å². The zero-order valence-electron chi connectivity index (χ0n) is 11.6. The number of benzene rings is 1. The number of nitrogens with one attached hydrogen (secondary N) is 1. The molecule has 2 rings (SSSR count). The van der Waals surface area contributed by atoms with Gasteiger partial charge < -0.3 is 5.32 Å². The van der Waals surface area contributed by atoms with Crippen molar-refractivity contribution in [1.82, 2.24) is 5.32 Å². The van der Waals surface area contributed by atoms with Crippen LogP contribution < -0.4 is 5.32 Å². The summed E-state index contributed by atoms with van der Waals surface area (Å²) in [6, 6.07) is 9.78. The SMILES string of the molecule is CC(CCS(C)=O)NC1CC(c2ccc(Br)cc2)C1. The van der Waals surface area contributed by atoms with Gasteiger partial charge in [0.05, 0.1) is 0 Å². The van der Waals surface area contributed by atoms with Crippen LogP contribution in [0.15, 0.2) is 28.7 Å².